The van der Waals surface area contributed by atoms with Crippen LogP contribution in [0.5, 0.6) is 5.75 Å². The van der Waals surface area contributed by atoms with E-state index < -0.39 is 129 Å². The molecule has 6 aromatic heterocycles. The average molecular weight is 1750 g/mol. The number of halogens is 1. The summed E-state index contributed by atoms with van der Waals surface area (Å²) < 4.78 is 76.7. The first-order valence-electron chi connectivity index (χ1n) is 40.9. The lowest BCUT2D eigenvalue weighted by Crippen LogP contribution is -2.46. The van der Waals surface area contributed by atoms with Gasteiger partial charge in [-0.3, -0.25) is 23.0 Å². The molecule has 664 valence electrons. The number of imidazole rings is 3. The molecule has 18 atom stereocenters. The molecule has 40 heteroatoms. The van der Waals surface area contributed by atoms with Gasteiger partial charge in [-0.15, -0.1) is 0 Å². The Labute approximate surface area is 719 Å². The number of nitrogen functional groups attached to an aromatic ring is 3. The summed E-state index contributed by atoms with van der Waals surface area (Å²) in [5, 5.41) is 55.5. The van der Waals surface area contributed by atoms with E-state index in [1.807, 2.05) is 76.7 Å². The normalized spacial score (nSPS) is 27.7. The van der Waals surface area contributed by atoms with Crippen molar-refractivity contribution in [1.82, 2.24) is 63.6 Å². The molecule has 2 aliphatic carbocycles. The lowest BCUT2D eigenvalue weighted by atomic mass is 9.86. The summed E-state index contributed by atoms with van der Waals surface area (Å²) in [5.41, 5.74) is 16.1. The molecule has 10 heterocycles. The van der Waals surface area contributed by atoms with E-state index in [-0.39, 0.29) is 52.8 Å². The minimum Gasteiger partial charge on any atom is -0.462 e. The van der Waals surface area contributed by atoms with E-state index in [2.05, 4.69) is 49.9 Å². The highest BCUT2D eigenvalue weighted by Crippen LogP contribution is 2.51. The van der Waals surface area contributed by atoms with Gasteiger partial charge in [0.1, 0.15) is 52.9 Å². The third-order valence-electron chi connectivity index (χ3n) is 23.1. The maximum absolute atomic E-state index is 13.9. The topological polar surface area (TPSA) is 506 Å². The molecule has 6 fully saturated rings. The molecule has 4 aromatic carbocycles. The van der Waals surface area contributed by atoms with Crippen LogP contribution >= 0.6 is 19.3 Å². The van der Waals surface area contributed by atoms with E-state index in [4.69, 9.17) is 75.7 Å². The molecule has 0 bridgehead atoms. The van der Waals surface area contributed by atoms with Crippen molar-refractivity contribution >= 4 is 106 Å². The number of hydrogen-bond acceptors (Lipinski definition) is 34. The lowest BCUT2D eigenvalue weighted by Gasteiger charge is -2.33. The molecule has 0 spiro atoms. The average Bonchev–Trinajstić information content (AvgIpc) is 1.57. The van der Waals surface area contributed by atoms with Crippen LogP contribution in [-0.4, -0.2) is 225 Å². The van der Waals surface area contributed by atoms with E-state index in [9.17, 15) is 49.3 Å². The second kappa shape index (κ2) is 37.2. The summed E-state index contributed by atoms with van der Waals surface area (Å²) >= 11 is 6.17. The molecule has 2 saturated carbocycles. The van der Waals surface area contributed by atoms with Crippen molar-refractivity contribution < 1.29 is 96.2 Å². The third-order valence-corrected chi connectivity index (χ3v) is 25.0. The summed E-state index contributed by atoms with van der Waals surface area (Å²) in [6.07, 6.45) is 0.980. The van der Waals surface area contributed by atoms with Gasteiger partial charge in [0.25, 0.3) is 0 Å². The van der Waals surface area contributed by atoms with E-state index in [1.54, 1.807) is 135 Å². The Morgan fingerprint density at radius 1 is 0.565 bits per heavy atom. The molecule has 4 aliphatic heterocycles. The van der Waals surface area contributed by atoms with E-state index in [0.717, 1.165) is 38.5 Å². The predicted octanol–water partition coefficient (Wildman–Crippen LogP) is 9.01. The summed E-state index contributed by atoms with van der Waals surface area (Å²) in [6, 6.07) is 34.3. The number of nitrogens with zero attached hydrogens (tertiary/aromatic N) is 14. The number of fused-ring (bicyclic) bond motifs is 3. The van der Waals surface area contributed by atoms with Crippen LogP contribution in [0.2, 0.25) is 5.15 Å². The van der Waals surface area contributed by atoms with Gasteiger partial charge in [-0.1, -0.05) is 112 Å². The highest BCUT2D eigenvalue weighted by Gasteiger charge is 2.59. The molecule has 10 aromatic rings. The van der Waals surface area contributed by atoms with E-state index in [1.165, 1.54) is 42.6 Å². The monoisotopic (exact) mass is 1750 g/mol. The van der Waals surface area contributed by atoms with Crippen molar-refractivity contribution in [2.45, 2.75) is 223 Å². The number of aliphatic hydroxyl groups excluding tert-OH is 3. The maximum Gasteiger partial charge on any atom is 0.459 e. The van der Waals surface area contributed by atoms with Gasteiger partial charge in [0.2, 0.25) is 24.1 Å². The SMILES string of the molecule is CC(C)OC(=O)[C@H](C)NP(=O)(OC[C@H]1O[C@@H](n2cnc3c(N(C)C4CC4)nc(N)nc32)[C@](C)(O)[C@@H]1O)Oc1ccccc1.CC[C@H]1O[C@@H](n2cnc3c(Cl)nc(N)nc32)[C@](C)(OC(=O)c2ccccc2)[C@@H]1C.CC[C@H]1O[C@H](OC(=O)c2ccccc2)[C@](C)(OC(=O)c2ccccc2)[C@@H]1C.CN(c1nc(N)nc2c1ncn2[C@@H]1O[C@H](CO)[C@@H](O)[C@@]1(C)O)C1CC1. The van der Waals surface area contributed by atoms with Gasteiger partial charge in [-0.05, 0) is 136 Å². The smallest absolute Gasteiger partial charge is 0.459 e. The summed E-state index contributed by atoms with van der Waals surface area (Å²) in [7, 11) is -0.404. The van der Waals surface area contributed by atoms with Gasteiger partial charge < -0.3 is 95.0 Å². The largest absolute Gasteiger partial charge is 0.462 e. The fourth-order valence-corrected chi connectivity index (χ4v) is 17.1. The summed E-state index contributed by atoms with van der Waals surface area (Å²) in [5.74, 6) is -0.715. The number of para-hydroxylation sites is 1. The predicted molar refractivity (Wildman–Crippen MR) is 454 cm³/mol. The number of esters is 4. The molecule has 4 saturated heterocycles. The van der Waals surface area contributed by atoms with Gasteiger partial charge in [0.05, 0.1) is 67.2 Å². The third kappa shape index (κ3) is 19.1. The summed E-state index contributed by atoms with van der Waals surface area (Å²) in [4.78, 5) is 93.1. The second-order valence-electron chi connectivity index (χ2n) is 32.5. The van der Waals surface area contributed by atoms with Crippen LogP contribution in [0.3, 0.4) is 0 Å². The van der Waals surface area contributed by atoms with Gasteiger partial charge in [-0.2, -0.15) is 35.0 Å². The number of nitrogens with two attached hydrogens (primary N) is 3. The molecule has 0 radical (unpaired) electrons. The molecule has 16 rings (SSSR count). The molecule has 1 unspecified atom stereocenters. The standard InChI is InChI=1S/C27H38N7O8P.C22H24O5.C20H22ClN5O3.C15H22N6O4/c1-15(2)40-24(36)16(3)32-43(38,42-18-9-7-6-8-10-18)39-13-19-21(35)27(4,37)25(41-19)34-14-29-20-22(33(5)17-11-12-17)30-26(28)31-23(20)34;1-4-18-15(2)22(3,27-20(24)17-13-9-6-10-14-17)21(25-18)26-19(23)16-11-7-5-8-12-16;1-4-13-11(2)20(3,29-17(27)12-8-6-5-7-9-12)18(28-13)26-10-23-14-15(21)24-19(22)25-16(14)26;1-15(24)10(23)8(5-22)25-13(15)21-6-17-9-11(20(2)7-3-4-7)18-14(16)19-12(9)21/h6-10,14-17,19,21,25,35,37H,11-13H2,1-5H3,(H,32,38)(H2,28,30,31);5-15,18,21H,4H2,1-3H3;5-11,13,18H,4H2,1-3H3,(H2,22,24,25);6-8,10,13,22-24H,3-5H2,1-2H3,(H2,16,18,19)/t16-,19+,21+,25+,27+,43?;15-,18-,21-,22-;11-,13-,18-,20-;8-,10-,13-,15-/m0111/s1. The van der Waals surface area contributed by atoms with Crippen LogP contribution in [0.15, 0.2) is 140 Å². The molecular formula is C84H106ClN18O20P. The van der Waals surface area contributed by atoms with Crippen LogP contribution in [0.1, 0.15) is 164 Å². The zero-order valence-corrected chi connectivity index (χ0v) is 72.5. The highest BCUT2D eigenvalue weighted by molar-refractivity contribution is 7.52. The fourth-order valence-electron chi connectivity index (χ4n) is 15.4. The van der Waals surface area contributed by atoms with Gasteiger partial charge >= 0.3 is 31.6 Å². The zero-order valence-electron chi connectivity index (χ0n) is 70.9. The van der Waals surface area contributed by atoms with Crippen molar-refractivity contribution in [2.24, 2.45) is 11.8 Å². The van der Waals surface area contributed by atoms with Crippen LogP contribution in [0, 0.1) is 11.8 Å². The minimum atomic E-state index is -4.25. The van der Waals surface area contributed by atoms with E-state index >= 15 is 0 Å². The number of benzene rings is 4. The second-order valence-corrected chi connectivity index (χ2v) is 34.6. The Hall–Kier alpha value is -10.7. The lowest BCUT2D eigenvalue weighted by molar-refractivity contribution is -0.169. The first-order valence-corrected chi connectivity index (χ1v) is 42.8. The Morgan fingerprint density at radius 3 is 1.41 bits per heavy atom. The van der Waals surface area contributed by atoms with Gasteiger partial charge in [-0.25, -0.2) is 33.9 Å². The fraction of sp³-hybridized carbons (Fsp3) is 0.488. The summed E-state index contributed by atoms with van der Waals surface area (Å²) in [6.45, 7) is 18.4. The first kappa shape index (κ1) is 91.0. The Bertz CT molecular complexity index is 5470. The first-order chi connectivity index (χ1) is 58.9. The molecular weight excluding hydrogens is 1650 g/mol. The Morgan fingerprint density at radius 2 is 0.960 bits per heavy atom. The van der Waals surface area contributed by atoms with Crippen LogP contribution in [-0.2, 0) is 51.8 Å². The maximum atomic E-state index is 13.9. The molecule has 12 N–H and O–H groups in total. The van der Waals surface area contributed by atoms with Crippen molar-refractivity contribution in [1.29, 1.82) is 0 Å². The highest BCUT2D eigenvalue weighted by atomic mass is 35.5. The van der Waals surface area contributed by atoms with Gasteiger partial charge in [0.15, 0.2) is 74.6 Å². The van der Waals surface area contributed by atoms with Crippen molar-refractivity contribution in [3.8, 4) is 5.75 Å². The van der Waals surface area contributed by atoms with Crippen LogP contribution < -0.4 is 36.6 Å². The number of carbonyl (C=O) groups is 4. The number of carbonyl (C=O) groups excluding carboxylic acids is 4. The number of nitrogens with one attached hydrogen (secondary N) is 1. The van der Waals surface area contributed by atoms with Crippen LogP contribution in [0.25, 0.3) is 33.5 Å². The zero-order chi connectivity index (χ0) is 89.2. The Balaban J connectivity index is 0.000000146. The number of ether oxygens (including phenoxy) is 8. The minimum absolute atomic E-state index is 0.0185. The quantitative estimate of drug-likeness (QED) is 0.0111. The van der Waals surface area contributed by atoms with E-state index in [0.29, 0.717) is 73.9 Å². The molecule has 6 aliphatic rings. The number of anilines is 5. The number of aromatic nitrogens is 12. The molecule has 124 heavy (non-hydrogen) atoms. The Kier molecular flexibility index (Phi) is 27.3. The van der Waals surface area contributed by atoms with Crippen molar-refractivity contribution in [2.75, 3.05) is 54.3 Å². The van der Waals surface area contributed by atoms with Crippen molar-refractivity contribution in [3.63, 3.8) is 0 Å². The number of aliphatic hydroxyl groups is 5. The number of rotatable bonds is 25. The molecule has 38 nitrogen and oxygen atoms in total. The van der Waals surface area contributed by atoms with Gasteiger partial charge in [0, 0.05) is 38.0 Å². The van der Waals surface area contributed by atoms with Crippen molar-refractivity contribution in [3.05, 3.63) is 162 Å². The van der Waals surface area contributed by atoms with Crippen LogP contribution in [0.4, 0.5) is 29.5 Å². The number of hydrogen-bond donors (Lipinski definition) is 9. The molecule has 0 amide bonds.